The topological polar surface area (TPSA) is 91.4 Å². The summed E-state index contributed by atoms with van der Waals surface area (Å²) in [6, 6.07) is 3.93. The van der Waals surface area contributed by atoms with Crippen molar-refractivity contribution in [2.75, 3.05) is 18.4 Å². The standard InChI is InChI=1S/C18H23FN4O3S2/c1-13(22-28(25,26)16-8-4-3-7-15(16)19)17(24)21-18-20-14(12-27-18)11-23-9-5-2-6-10-23/h3-4,7-8,12-13,22H,2,5-6,9-11H2,1H3,(H,20,21,24)/t13-/m1/s1. The van der Waals surface area contributed by atoms with Gasteiger partial charge in [0, 0.05) is 11.9 Å². The third-order valence-corrected chi connectivity index (χ3v) is 6.85. The predicted octanol–water partition coefficient (Wildman–Crippen LogP) is 2.57. The highest BCUT2D eigenvalue weighted by Gasteiger charge is 2.25. The van der Waals surface area contributed by atoms with Gasteiger partial charge in [0.2, 0.25) is 15.9 Å². The molecular formula is C18H23FN4O3S2. The number of anilines is 1. The van der Waals surface area contributed by atoms with Crippen LogP contribution in [0, 0.1) is 5.82 Å². The maximum atomic E-state index is 13.7. The fourth-order valence-corrected chi connectivity index (χ4v) is 5.00. The molecule has 1 amide bonds. The SMILES string of the molecule is C[C@@H](NS(=O)(=O)c1ccccc1F)C(=O)Nc1nc(CN2CCCCC2)cs1. The van der Waals surface area contributed by atoms with Gasteiger partial charge in [0.25, 0.3) is 0 Å². The third-order valence-electron chi connectivity index (χ3n) is 4.47. The summed E-state index contributed by atoms with van der Waals surface area (Å²) in [5.41, 5.74) is 0.877. The molecule has 28 heavy (non-hydrogen) atoms. The lowest BCUT2D eigenvalue weighted by atomic mass is 10.1. The second-order valence-corrected chi connectivity index (χ2v) is 9.28. The van der Waals surface area contributed by atoms with Crippen LogP contribution in [-0.2, 0) is 21.4 Å². The van der Waals surface area contributed by atoms with Gasteiger partial charge in [-0.1, -0.05) is 18.6 Å². The van der Waals surface area contributed by atoms with Crippen LogP contribution in [0.1, 0.15) is 31.9 Å². The van der Waals surface area contributed by atoms with Crippen LogP contribution >= 0.6 is 11.3 Å². The van der Waals surface area contributed by atoms with E-state index in [1.807, 2.05) is 5.38 Å². The molecule has 0 aliphatic carbocycles. The molecule has 1 saturated heterocycles. The Hall–Kier alpha value is -1.88. The molecule has 0 saturated carbocycles. The number of hydrogen-bond acceptors (Lipinski definition) is 6. The number of benzene rings is 1. The minimum absolute atomic E-state index is 0.411. The van der Waals surface area contributed by atoms with Gasteiger partial charge in [0.1, 0.15) is 10.7 Å². The number of amides is 1. The molecule has 10 heteroatoms. The van der Waals surface area contributed by atoms with Gasteiger partial charge in [0.05, 0.1) is 11.7 Å². The second-order valence-electron chi connectivity index (χ2n) is 6.74. The molecule has 0 radical (unpaired) electrons. The molecule has 2 heterocycles. The van der Waals surface area contributed by atoms with E-state index in [1.54, 1.807) is 0 Å². The lowest BCUT2D eigenvalue weighted by molar-refractivity contribution is -0.117. The molecule has 1 fully saturated rings. The number of rotatable bonds is 7. The van der Waals surface area contributed by atoms with Crippen molar-refractivity contribution in [3.05, 3.63) is 41.2 Å². The van der Waals surface area contributed by atoms with Crippen molar-refractivity contribution in [1.82, 2.24) is 14.6 Å². The van der Waals surface area contributed by atoms with Crippen molar-refractivity contribution >= 4 is 32.4 Å². The minimum atomic E-state index is -4.15. The molecule has 152 valence electrons. The normalized spacial score (nSPS) is 16.6. The smallest absolute Gasteiger partial charge is 0.244 e. The van der Waals surface area contributed by atoms with E-state index in [9.17, 15) is 17.6 Å². The van der Waals surface area contributed by atoms with Crippen LogP contribution in [0.4, 0.5) is 9.52 Å². The molecule has 3 rings (SSSR count). The third kappa shape index (κ3) is 5.34. The fourth-order valence-electron chi connectivity index (χ4n) is 3.01. The average Bonchev–Trinajstić information content (AvgIpc) is 3.09. The summed E-state index contributed by atoms with van der Waals surface area (Å²) in [7, 11) is -4.15. The molecule has 2 aromatic rings. The number of halogens is 1. The van der Waals surface area contributed by atoms with E-state index < -0.39 is 32.7 Å². The maximum Gasteiger partial charge on any atom is 0.244 e. The monoisotopic (exact) mass is 426 g/mol. The summed E-state index contributed by atoms with van der Waals surface area (Å²) in [5.74, 6) is -1.43. The van der Waals surface area contributed by atoms with Crippen LogP contribution < -0.4 is 10.0 Å². The number of piperidine rings is 1. The molecule has 1 aromatic carbocycles. The van der Waals surface area contributed by atoms with Crippen molar-refractivity contribution in [3.8, 4) is 0 Å². The molecule has 0 unspecified atom stereocenters. The molecule has 0 spiro atoms. The van der Waals surface area contributed by atoms with Crippen molar-refractivity contribution in [2.24, 2.45) is 0 Å². The minimum Gasteiger partial charge on any atom is -0.301 e. The molecule has 7 nitrogen and oxygen atoms in total. The summed E-state index contributed by atoms with van der Waals surface area (Å²) < 4.78 is 40.5. The van der Waals surface area contributed by atoms with Crippen LogP contribution in [0.2, 0.25) is 0 Å². The molecule has 2 N–H and O–H groups in total. The Morgan fingerprint density at radius 2 is 2.00 bits per heavy atom. The number of carbonyl (C=O) groups is 1. The largest absolute Gasteiger partial charge is 0.301 e. The van der Waals surface area contributed by atoms with Crippen LogP contribution in [0.3, 0.4) is 0 Å². The number of nitrogens with zero attached hydrogens (tertiary/aromatic N) is 2. The van der Waals surface area contributed by atoms with Gasteiger partial charge < -0.3 is 5.32 Å². The lowest BCUT2D eigenvalue weighted by Crippen LogP contribution is -2.41. The zero-order chi connectivity index (χ0) is 20.1. The van der Waals surface area contributed by atoms with Crippen molar-refractivity contribution < 1.29 is 17.6 Å². The van der Waals surface area contributed by atoms with Gasteiger partial charge in [-0.15, -0.1) is 11.3 Å². The predicted molar refractivity (Wildman–Crippen MR) is 106 cm³/mol. The van der Waals surface area contributed by atoms with Crippen LogP contribution in [0.15, 0.2) is 34.5 Å². The van der Waals surface area contributed by atoms with Gasteiger partial charge in [-0.05, 0) is 45.0 Å². The number of sulfonamides is 1. The van der Waals surface area contributed by atoms with E-state index in [4.69, 9.17) is 0 Å². The van der Waals surface area contributed by atoms with Gasteiger partial charge in [0.15, 0.2) is 5.13 Å². The van der Waals surface area contributed by atoms with E-state index in [0.29, 0.717) is 5.13 Å². The highest BCUT2D eigenvalue weighted by atomic mass is 32.2. The van der Waals surface area contributed by atoms with E-state index in [0.717, 1.165) is 37.5 Å². The first-order chi connectivity index (χ1) is 13.3. The van der Waals surface area contributed by atoms with Crippen LogP contribution in [0.25, 0.3) is 0 Å². The van der Waals surface area contributed by atoms with E-state index >= 15 is 0 Å². The van der Waals surface area contributed by atoms with Gasteiger partial charge in [-0.2, -0.15) is 4.72 Å². The molecule has 1 aliphatic heterocycles. The van der Waals surface area contributed by atoms with Crippen LogP contribution in [0.5, 0.6) is 0 Å². The first-order valence-corrected chi connectivity index (χ1v) is 11.5. The average molecular weight is 427 g/mol. The molecule has 1 atom stereocenters. The zero-order valence-corrected chi connectivity index (χ0v) is 17.2. The van der Waals surface area contributed by atoms with Crippen molar-refractivity contribution in [3.63, 3.8) is 0 Å². The fraction of sp³-hybridized carbons (Fsp3) is 0.444. The second kappa shape index (κ2) is 9.08. The first kappa shape index (κ1) is 20.8. The highest BCUT2D eigenvalue weighted by Crippen LogP contribution is 2.19. The Labute approximate surface area is 168 Å². The summed E-state index contributed by atoms with van der Waals surface area (Å²) in [5, 5.41) is 4.92. The lowest BCUT2D eigenvalue weighted by Gasteiger charge is -2.25. The van der Waals surface area contributed by atoms with Gasteiger partial charge in [-0.3, -0.25) is 9.69 Å². The highest BCUT2D eigenvalue weighted by molar-refractivity contribution is 7.89. The zero-order valence-electron chi connectivity index (χ0n) is 15.5. The summed E-state index contributed by atoms with van der Waals surface area (Å²) in [4.78, 5) is 18.6. The number of nitrogens with one attached hydrogen (secondary N) is 2. The Bertz CT molecular complexity index is 926. The number of thiazole rings is 1. The van der Waals surface area contributed by atoms with Gasteiger partial charge >= 0.3 is 0 Å². The van der Waals surface area contributed by atoms with Crippen molar-refractivity contribution in [2.45, 2.75) is 43.7 Å². The Morgan fingerprint density at radius 1 is 1.29 bits per heavy atom. The first-order valence-electron chi connectivity index (χ1n) is 9.09. The Kier molecular flexibility index (Phi) is 6.76. The number of hydrogen-bond donors (Lipinski definition) is 2. The van der Waals surface area contributed by atoms with Crippen LogP contribution in [-0.4, -0.2) is 43.3 Å². The summed E-state index contributed by atoms with van der Waals surface area (Å²) in [6.07, 6.45) is 3.64. The number of aromatic nitrogens is 1. The number of carbonyl (C=O) groups excluding carboxylic acids is 1. The van der Waals surface area contributed by atoms with E-state index in [2.05, 4.69) is 19.9 Å². The maximum absolute atomic E-state index is 13.7. The van der Waals surface area contributed by atoms with Gasteiger partial charge in [-0.25, -0.2) is 17.8 Å². The van der Waals surface area contributed by atoms with E-state index in [-0.39, 0.29) is 0 Å². The molecule has 1 aliphatic rings. The Balaban J connectivity index is 1.58. The Morgan fingerprint density at radius 3 is 2.71 bits per heavy atom. The molecule has 0 bridgehead atoms. The molecular weight excluding hydrogens is 403 g/mol. The molecule has 1 aromatic heterocycles. The number of likely N-dealkylation sites (tertiary alicyclic amines) is 1. The summed E-state index contributed by atoms with van der Waals surface area (Å²) in [6.45, 7) is 4.24. The van der Waals surface area contributed by atoms with E-state index in [1.165, 1.54) is 49.7 Å². The quantitative estimate of drug-likeness (QED) is 0.710. The van der Waals surface area contributed by atoms with Crippen molar-refractivity contribution in [1.29, 1.82) is 0 Å². The summed E-state index contributed by atoms with van der Waals surface area (Å²) >= 11 is 1.29.